The molecule has 0 saturated carbocycles. The third kappa shape index (κ3) is 3.03. The van der Waals surface area contributed by atoms with Gasteiger partial charge in [0.2, 0.25) is 0 Å². The van der Waals surface area contributed by atoms with Gasteiger partial charge in [0.25, 0.3) is 0 Å². The molecule has 118 valence electrons. The fraction of sp³-hybridized carbons (Fsp3) is 0.231. The monoisotopic (exact) mass is 332 g/mol. The van der Waals surface area contributed by atoms with Crippen LogP contribution in [0.25, 0.3) is 17.1 Å². The van der Waals surface area contributed by atoms with Crippen LogP contribution in [0, 0.1) is 13.8 Å². The lowest BCUT2D eigenvalue weighted by Crippen LogP contribution is -2.23. The maximum absolute atomic E-state index is 12.1. The minimum atomic E-state index is -5.66. The fourth-order valence-corrected chi connectivity index (χ4v) is 2.06. The zero-order chi connectivity index (χ0) is 16.5. The second-order valence-electron chi connectivity index (χ2n) is 4.42. The number of aryl methyl sites for hydroxylation is 1. The van der Waals surface area contributed by atoms with Crippen molar-refractivity contribution in [1.29, 1.82) is 0 Å². The van der Waals surface area contributed by atoms with E-state index < -0.39 is 15.6 Å². The summed E-state index contributed by atoms with van der Waals surface area (Å²) in [5, 5.41) is 0.806. The number of nitrogens with zero attached hydrogens (tertiary/aromatic N) is 2. The standard InChI is InChI=1S/C13H11F3N2O3S/c1-8-9(2)11(18-12-10(8)4-3-6-17-12)5-7-21-22(19,20)13(14,15)16/h3-7H,1-2H3. The van der Waals surface area contributed by atoms with Crippen molar-refractivity contribution in [3.63, 3.8) is 0 Å². The highest BCUT2D eigenvalue weighted by molar-refractivity contribution is 7.87. The van der Waals surface area contributed by atoms with Gasteiger partial charge in [0, 0.05) is 17.7 Å². The molecule has 2 rings (SSSR count). The Morgan fingerprint density at radius 3 is 2.55 bits per heavy atom. The smallest absolute Gasteiger partial charge is 0.384 e. The van der Waals surface area contributed by atoms with Crippen molar-refractivity contribution in [3.8, 4) is 0 Å². The molecule has 0 atom stereocenters. The van der Waals surface area contributed by atoms with E-state index in [1.54, 1.807) is 13.0 Å². The predicted octanol–water partition coefficient (Wildman–Crippen LogP) is 3.08. The van der Waals surface area contributed by atoms with Gasteiger partial charge in [0.05, 0.1) is 5.69 Å². The molecule has 0 saturated heterocycles. The Hall–Kier alpha value is -2.16. The molecule has 2 heterocycles. The zero-order valence-corrected chi connectivity index (χ0v) is 12.4. The number of rotatable bonds is 3. The van der Waals surface area contributed by atoms with Crippen LogP contribution in [-0.2, 0) is 14.3 Å². The summed E-state index contributed by atoms with van der Waals surface area (Å²) >= 11 is 0. The van der Waals surface area contributed by atoms with Crippen molar-refractivity contribution < 1.29 is 25.8 Å². The van der Waals surface area contributed by atoms with Crippen LogP contribution in [0.2, 0.25) is 0 Å². The largest absolute Gasteiger partial charge is 0.534 e. The molecular formula is C13H11F3N2O3S. The van der Waals surface area contributed by atoms with Gasteiger partial charge in [-0.1, -0.05) is 0 Å². The summed E-state index contributed by atoms with van der Waals surface area (Å²) in [7, 11) is -5.66. The van der Waals surface area contributed by atoms with Gasteiger partial charge in [-0.2, -0.15) is 21.6 Å². The van der Waals surface area contributed by atoms with Gasteiger partial charge in [0.1, 0.15) is 6.26 Å². The van der Waals surface area contributed by atoms with Crippen LogP contribution >= 0.6 is 0 Å². The van der Waals surface area contributed by atoms with Gasteiger partial charge >= 0.3 is 15.6 Å². The molecule has 0 bridgehead atoms. The van der Waals surface area contributed by atoms with E-state index in [0.29, 0.717) is 17.5 Å². The van der Waals surface area contributed by atoms with Gasteiger partial charge < -0.3 is 4.18 Å². The quantitative estimate of drug-likeness (QED) is 0.491. The molecule has 22 heavy (non-hydrogen) atoms. The first-order valence-corrected chi connectivity index (χ1v) is 7.42. The highest BCUT2D eigenvalue weighted by Gasteiger charge is 2.47. The summed E-state index contributed by atoms with van der Waals surface area (Å²) < 4.78 is 61.8. The van der Waals surface area contributed by atoms with Crippen molar-refractivity contribution >= 4 is 27.2 Å². The van der Waals surface area contributed by atoms with E-state index in [9.17, 15) is 21.6 Å². The number of aromatic nitrogens is 2. The highest BCUT2D eigenvalue weighted by atomic mass is 32.2. The van der Waals surface area contributed by atoms with Crippen molar-refractivity contribution in [3.05, 3.63) is 41.4 Å². The molecule has 0 aliphatic heterocycles. The molecule has 0 aliphatic carbocycles. The Balaban J connectivity index is 2.37. The minimum absolute atomic E-state index is 0.279. The van der Waals surface area contributed by atoms with Crippen LogP contribution in [-0.4, -0.2) is 23.9 Å². The van der Waals surface area contributed by atoms with Crippen LogP contribution in [0.3, 0.4) is 0 Å². The second kappa shape index (κ2) is 5.56. The molecule has 0 fully saturated rings. The van der Waals surface area contributed by atoms with Crippen LogP contribution in [0.1, 0.15) is 16.8 Å². The summed E-state index contributed by atoms with van der Waals surface area (Å²) in [5.74, 6) is 0. The first-order valence-electron chi connectivity index (χ1n) is 6.01. The Morgan fingerprint density at radius 1 is 1.23 bits per heavy atom. The third-order valence-electron chi connectivity index (χ3n) is 3.06. The van der Waals surface area contributed by atoms with E-state index in [4.69, 9.17) is 0 Å². The SMILES string of the molecule is Cc1c(C=COS(=O)(=O)C(F)(F)F)nc2ncccc2c1C. The molecule has 0 aromatic carbocycles. The summed E-state index contributed by atoms with van der Waals surface area (Å²) in [6.07, 6.45) is 3.04. The predicted molar refractivity (Wildman–Crippen MR) is 74.1 cm³/mol. The number of pyridine rings is 2. The summed E-state index contributed by atoms with van der Waals surface area (Å²) in [5.41, 5.74) is -3.26. The summed E-state index contributed by atoms with van der Waals surface area (Å²) in [6.45, 7) is 3.53. The summed E-state index contributed by atoms with van der Waals surface area (Å²) in [4.78, 5) is 8.22. The van der Waals surface area contributed by atoms with E-state index in [0.717, 1.165) is 17.0 Å². The van der Waals surface area contributed by atoms with Crippen molar-refractivity contribution in [2.24, 2.45) is 0 Å². The van der Waals surface area contributed by atoms with Crippen molar-refractivity contribution in [2.45, 2.75) is 19.4 Å². The number of hydrogen-bond donors (Lipinski definition) is 0. The van der Waals surface area contributed by atoms with Gasteiger partial charge in [-0.15, -0.1) is 0 Å². The lowest BCUT2D eigenvalue weighted by Gasteiger charge is -2.08. The lowest BCUT2D eigenvalue weighted by atomic mass is 10.1. The lowest BCUT2D eigenvalue weighted by molar-refractivity contribution is -0.0514. The Bertz CT molecular complexity index is 845. The topological polar surface area (TPSA) is 69.2 Å². The molecule has 0 radical (unpaired) electrons. The molecular weight excluding hydrogens is 321 g/mol. The van der Waals surface area contributed by atoms with Crippen molar-refractivity contribution in [1.82, 2.24) is 9.97 Å². The molecule has 2 aromatic heterocycles. The fourth-order valence-electron chi connectivity index (χ4n) is 1.75. The van der Waals surface area contributed by atoms with Crippen LogP contribution in [0.15, 0.2) is 24.6 Å². The molecule has 0 aliphatic rings. The normalized spacial score (nSPS) is 13.0. The number of hydrogen-bond acceptors (Lipinski definition) is 5. The van der Waals surface area contributed by atoms with Gasteiger partial charge in [-0.05, 0) is 37.1 Å². The van der Waals surface area contributed by atoms with Crippen LogP contribution in [0.5, 0.6) is 0 Å². The van der Waals surface area contributed by atoms with Crippen LogP contribution < -0.4 is 0 Å². The van der Waals surface area contributed by atoms with E-state index >= 15 is 0 Å². The first-order chi connectivity index (χ1) is 10.1. The number of halogens is 3. The molecule has 2 aromatic rings. The molecule has 5 nitrogen and oxygen atoms in total. The maximum atomic E-state index is 12.1. The first kappa shape index (κ1) is 16.2. The molecule has 0 spiro atoms. The Morgan fingerprint density at radius 2 is 1.91 bits per heavy atom. The van der Waals surface area contributed by atoms with Crippen LogP contribution in [0.4, 0.5) is 13.2 Å². The third-order valence-corrected chi connectivity index (χ3v) is 3.99. The Labute approximate surface area is 124 Å². The van der Waals surface area contributed by atoms with Gasteiger partial charge in [0.15, 0.2) is 5.65 Å². The maximum Gasteiger partial charge on any atom is 0.534 e. The molecule has 0 N–H and O–H groups in total. The van der Waals surface area contributed by atoms with Gasteiger partial charge in [-0.25, -0.2) is 9.97 Å². The average molecular weight is 332 g/mol. The summed E-state index contributed by atoms with van der Waals surface area (Å²) in [6, 6.07) is 3.56. The Kier molecular flexibility index (Phi) is 4.10. The number of alkyl halides is 3. The van der Waals surface area contributed by atoms with Gasteiger partial charge in [-0.3, -0.25) is 0 Å². The number of fused-ring (bicyclic) bond motifs is 1. The van der Waals surface area contributed by atoms with E-state index in [2.05, 4.69) is 14.2 Å². The molecule has 0 amide bonds. The van der Waals surface area contributed by atoms with E-state index in [-0.39, 0.29) is 5.69 Å². The highest BCUT2D eigenvalue weighted by Crippen LogP contribution is 2.25. The van der Waals surface area contributed by atoms with E-state index in [1.165, 1.54) is 6.20 Å². The molecule has 9 heteroatoms. The molecule has 0 unspecified atom stereocenters. The zero-order valence-electron chi connectivity index (χ0n) is 11.5. The van der Waals surface area contributed by atoms with Crippen molar-refractivity contribution in [2.75, 3.05) is 0 Å². The second-order valence-corrected chi connectivity index (χ2v) is 5.98. The van der Waals surface area contributed by atoms with E-state index in [1.807, 2.05) is 13.0 Å². The minimum Gasteiger partial charge on any atom is -0.384 e. The average Bonchev–Trinajstić information content (AvgIpc) is 2.43.